The predicted molar refractivity (Wildman–Crippen MR) is 235 cm³/mol. The Labute approximate surface area is 384 Å². The molecule has 14 nitrogen and oxygen atoms in total. The van der Waals surface area contributed by atoms with E-state index in [1.807, 2.05) is 38.1 Å². The van der Waals surface area contributed by atoms with Crippen molar-refractivity contribution in [2.24, 2.45) is 0 Å². The molecular weight excluding hydrogens is 946 g/mol. The van der Waals surface area contributed by atoms with Gasteiger partial charge in [0, 0.05) is 37.8 Å². The van der Waals surface area contributed by atoms with Crippen LogP contribution >= 0.6 is 0 Å². The zero-order valence-corrected chi connectivity index (χ0v) is 38.7. The molecule has 10 rings (SSSR count). The first-order valence-corrected chi connectivity index (χ1v) is 21.1. The molecule has 0 aliphatic heterocycles. The molecule has 0 unspecified atom stereocenters. The summed E-state index contributed by atoms with van der Waals surface area (Å²) < 4.78 is 67.3. The van der Waals surface area contributed by atoms with Gasteiger partial charge in [0.15, 0.2) is 16.3 Å². The van der Waals surface area contributed by atoms with Gasteiger partial charge in [0.05, 0.1) is 48.4 Å². The van der Waals surface area contributed by atoms with Crippen molar-refractivity contribution >= 4 is 156 Å². The number of nitrogens with one attached hydrogen (secondary N) is 3. The van der Waals surface area contributed by atoms with E-state index in [0.717, 1.165) is 17.2 Å². The van der Waals surface area contributed by atoms with E-state index in [2.05, 4.69) is 19.9 Å². The molecule has 300 valence electrons. The number of hydrogen-bond donors (Lipinski definition) is 4. The molecule has 0 fully saturated rings. The Morgan fingerprint density at radius 3 is 1.43 bits per heavy atom. The molecule has 0 aliphatic rings. The Morgan fingerprint density at radius 1 is 0.492 bits per heavy atom. The van der Waals surface area contributed by atoms with Crippen LogP contribution in [0.4, 0.5) is 0 Å². The summed E-state index contributed by atoms with van der Waals surface area (Å²) in [6, 6.07) is 22.5. The van der Waals surface area contributed by atoms with Crippen LogP contribution in [-0.4, -0.2) is 94.8 Å². The molecule has 6 aromatic carbocycles. The maximum absolute atomic E-state index is 13.1. The molecule has 61 heavy (non-hydrogen) atoms. The van der Waals surface area contributed by atoms with Gasteiger partial charge in [0.1, 0.15) is 10.1 Å². The minimum absolute atomic E-state index is 0. The van der Waals surface area contributed by atoms with Crippen molar-refractivity contribution in [2.75, 3.05) is 0 Å². The van der Waals surface area contributed by atoms with Crippen LogP contribution in [0.1, 0.15) is 22.3 Å². The van der Waals surface area contributed by atoms with E-state index in [-0.39, 0.29) is 103 Å². The number of rotatable bonds is 2. The molecule has 4 heterocycles. The zero-order valence-electron chi connectivity index (χ0n) is 32.7. The average Bonchev–Trinajstić information content (AvgIpc) is 3.18. The van der Waals surface area contributed by atoms with Crippen molar-refractivity contribution in [3.8, 4) is 5.75 Å². The van der Waals surface area contributed by atoms with E-state index in [0.29, 0.717) is 70.8 Å². The molecule has 0 bridgehead atoms. The molecule has 0 radical (unpaired) electrons. The summed E-state index contributed by atoms with van der Waals surface area (Å²) in [6.45, 7) is 6.77. The van der Waals surface area contributed by atoms with Crippen LogP contribution in [0.15, 0.2) is 109 Å². The fourth-order valence-corrected chi connectivity index (χ4v) is 9.32. The second kappa shape index (κ2) is 14.9. The summed E-state index contributed by atoms with van der Waals surface area (Å²) >= 11 is 0. The number of H-pyrrole nitrogens is 3. The summed E-state index contributed by atoms with van der Waals surface area (Å²) in [5.74, 6) is -0.201. The molecular formula is C44H30BaN4O10S2. The first-order valence-electron chi connectivity index (χ1n) is 18.3. The molecule has 17 heteroatoms. The maximum Gasteiger partial charge on any atom is 2.00 e. The quantitative estimate of drug-likeness (QED) is 0.0871. The van der Waals surface area contributed by atoms with Crippen molar-refractivity contribution in [2.45, 2.75) is 37.5 Å². The smallest absolute Gasteiger partial charge is 0.872 e. The molecule has 4 aromatic heterocycles. The van der Waals surface area contributed by atoms with Gasteiger partial charge >= 0.3 is 48.9 Å². The molecule has 0 aliphatic carbocycles. The van der Waals surface area contributed by atoms with E-state index in [9.17, 15) is 45.4 Å². The first-order chi connectivity index (χ1) is 28.3. The van der Waals surface area contributed by atoms with Gasteiger partial charge in [-0.2, -0.15) is 8.42 Å². The summed E-state index contributed by atoms with van der Waals surface area (Å²) in [7, 11) is -9.13. The van der Waals surface area contributed by atoms with Gasteiger partial charge in [-0.05, 0) is 116 Å². The molecule has 0 saturated carbocycles. The largest absolute Gasteiger partial charge is 2.00 e. The zero-order chi connectivity index (χ0) is 42.7. The molecule has 0 spiro atoms. The third kappa shape index (κ3) is 7.22. The maximum atomic E-state index is 13.1. The standard InChI is InChI=1S/2C22H16N2O5S.Ba/c2*1-10-3-4-16-12(5-10)21(25)14-8-18-15(7-17(14)23-16)22(26)13-6-11(2)20(30(27,28)29)9-19(13)24-18;/h2*3-9H,1-2H3,(H,23,25)(H,24,26)(H,27,28,29);/q;;+2/p-2. The second-order valence-corrected chi connectivity index (χ2v) is 17.7. The fraction of sp³-hybridized carbons (Fsp3) is 0.0909. The molecule has 4 N–H and O–H groups in total. The van der Waals surface area contributed by atoms with Gasteiger partial charge in [-0.3, -0.25) is 18.9 Å². The van der Waals surface area contributed by atoms with Gasteiger partial charge in [0.2, 0.25) is 0 Å². The van der Waals surface area contributed by atoms with E-state index >= 15 is 0 Å². The summed E-state index contributed by atoms with van der Waals surface area (Å²) in [4.78, 5) is 52.4. The summed E-state index contributed by atoms with van der Waals surface area (Å²) in [6.07, 6.45) is 0. The van der Waals surface area contributed by atoms with Crippen LogP contribution in [0.5, 0.6) is 5.75 Å². The number of pyridine rings is 4. The van der Waals surface area contributed by atoms with Crippen molar-refractivity contribution in [1.29, 1.82) is 0 Å². The number of fused-ring (bicyclic) bond motifs is 8. The van der Waals surface area contributed by atoms with Gasteiger partial charge in [-0.25, -0.2) is 13.4 Å². The van der Waals surface area contributed by atoms with Crippen LogP contribution in [0.2, 0.25) is 0 Å². The molecule has 0 saturated heterocycles. The van der Waals surface area contributed by atoms with E-state index in [1.165, 1.54) is 32.0 Å². The van der Waals surface area contributed by atoms with Gasteiger partial charge < -0.3 is 24.6 Å². The van der Waals surface area contributed by atoms with Gasteiger partial charge in [0.25, 0.3) is 10.1 Å². The Balaban J connectivity index is 0.000000166. The monoisotopic (exact) mass is 976 g/mol. The third-order valence-electron chi connectivity index (χ3n) is 10.8. The SMILES string of the molecule is Cc1ccc2[nH]c3cc4c(=O)c5cc(C)c(S(=O)(=O)O)cc5[nH]c4cc3c(=O)c2c1.Cc1ccc2nc3cc4c(=O)c5cc(C)c(S(=O)(=O)[O-])cc5[nH]c4cc3c([O-])c2c1.[Ba+2]. The van der Waals surface area contributed by atoms with E-state index < -0.39 is 25.1 Å². The van der Waals surface area contributed by atoms with Crippen molar-refractivity contribution in [3.05, 3.63) is 138 Å². The summed E-state index contributed by atoms with van der Waals surface area (Å²) in [5.41, 5.74) is 5.00. The Morgan fingerprint density at radius 2 is 0.885 bits per heavy atom. The number of nitrogens with zero attached hydrogens (tertiary/aromatic N) is 1. The number of aromatic amines is 3. The number of hydrogen-bond acceptors (Lipinski definition) is 10. The number of benzene rings is 6. The number of aromatic nitrogens is 4. The normalized spacial score (nSPS) is 12.2. The molecule has 0 amide bonds. The van der Waals surface area contributed by atoms with Crippen LogP contribution in [0, 0.1) is 27.7 Å². The first kappa shape index (κ1) is 42.3. The van der Waals surface area contributed by atoms with Crippen molar-refractivity contribution < 1.29 is 31.0 Å². The Hall–Kier alpha value is -5.41. The Bertz CT molecular complexity index is 4030. The predicted octanol–water partition coefficient (Wildman–Crippen LogP) is 6.14. The van der Waals surface area contributed by atoms with Crippen LogP contribution in [0.25, 0.3) is 87.2 Å². The number of aryl methyl sites for hydroxylation is 4. The topological polar surface area (TPSA) is 246 Å². The average molecular weight is 976 g/mol. The van der Waals surface area contributed by atoms with Crippen molar-refractivity contribution in [3.63, 3.8) is 0 Å². The molecule has 10 aromatic rings. The minimum Gasteiger partial charge on any atom is -0.872 e. The van der Waals surface area contributed by atoms with Crippen LogP contribution in [-0.2, 0) is 20.2 Å². The van der Waals surface area contributed by atoms with Crippen LogP contribution in [0.3, 0.4) is 0 Å². The minimum atomic E-state index is -4.69. The van der Waals surface area contributed by atoms with Gasteiger partial charge in [-0.1, -0.05) is 35.1 Å². The fourth-order valence-electron chi connectivity index (χ4n) is 7.87. The second-order valence-electron chi connectivity index (χ2n) is 15.0. The van der Waals surface area contributed by atoms with E-state index in [1.54, 1.807) is 36.4 Å². The third-order valence-corrected chi connectivity index (χ3v) is 12.8. The van der Waals surface area contributed by atoms with Crippen LogP contribution < -0.4 is 21.4 Å². The summed E-state index contributed by atoms with van der Waals surface area (Å²) in [5, 5.41) is 16.1. The van der Waals surface area contributed by atoms with Crippen molar-refractivity contribution in [1.82, 2.24) is 19.9 Å². The Kier molecular flexibility index (Phi) is 10.3. The molecule has 0 atom stereocenters. The van der Waals surface area contributed by atoms with Gasteiger partial charge in [-0.15, -0.1) is 0 Å². The van der Waals surface area contributed by atoms with E-state index in [4.69, 9.17) is 0 Å².